The van der Waals surface area contributed by atoms with E-state index in [1.165, 1.54) is 6.07 Å². The lowest BCUT2D eigenvalue weighted by Gasteiger charge is -2.46. The fraction of sp³-hybridized carbons (Fsp3) is 0.476. The molecule has 6 heteroatoms. The van der Waals surface area contributed by atoms with Gasteiger partial charge in [0.1, 0.15) is 12.0 Å². The van der Waals surface area contributed by atoms with Crippen LogP contribution in [0.25, 0.3) is 0 Å². The van der Waals surface area contributed by atoms with E-state index in [0.717, 1.165) is 38.4 Å². The minimum absolute atomic E-state index is 0.229. The second-order valence-electron chi connectivity index (χ2n) is 7.58. The summed E-state index contributed by atoms with van der Waals surface area (Å²) >= 11 is 0. The molecule has 5 nitrogen and oxygen atoms in total. The maximum Gasteiger partial charge on any atom is 0.144 e. The molecule has 1 unspecified atom stereocenters. The Morgan fingerprint density at radius 2 is 1.81 bits per heavy atom. The molecule has 0 amide bonds. The van der Waals surface area contributed by atoms with Crippen LogP contribution in [0.15, 0.2) is 48.7 Å². The zero-order valence-corrected chi connectivity index (χ0v) is 16.1. The van der Waals surface area contributed by atoms with E-state index in [1.807, 2.05) is 30.3 Å². The van der Waals surface area contributed by atoms with Crippen LogP contribution in [0.3, 0.4) is 0 Å². The van der Waals surface area contributed by atoms with Gasteiger partial charge in [0.05, 0.1) is 11.2 Å². The predicted octanol–water partition coefficient (Wildman–Crippen LogP) is 2.59. The molecular formula is C21H29FN4O. The van der Waals surface area contributed by atoms with Gasteiger partial charge in [-0.2, -0.15) is 0 Å². The number of aromatic nitrogens is 1. The average molecular weight is 372 g/mol. The Labute approximate surface area is 160 Å². The van der Waals surface area contributed by atoms with Crippen LogP contribution in [0.1, 0.15) is 19.5 Å². The van der Waals surface area contributed by atoms with Crippen molar-refractivity contribution in [1.82, 2.24) is 14.8 Å². The Kier molecular flexibility index (Phi) is 6.42. The van der Waals surface area contributed by atoms with Crippen LogP contribution in [0, 0.1) is 5.82 Å². The van der Waals surface area contributed by atoms with Crippen LogP contribution in [0.5, 0.6) is 0 Å². The third-order valence-electron chi connectivity index (χ3n) is 5.43. The van der Waals surface area contributed by atoms with Gasteiger partial charge in [-0.15, -0.1) is 0 Å². The van der Waals surface area contributed by atoms with E-state index in [-0.39, 0.29) is 5.82 Å². The second-order valence-corrected chi connectivity index (χ2v) is 7.58. The zero-order valence-electron chi connectivity index (χ0n) is 16.1. The highest BCUT2D eigenvalue weighted by Gasteiger charge is 2.36. The van der Waals surface area contributed by atoms with Crippen LogP contribution in [-0.4, -0.2) is 64.4 Å². The van der Waals surface area contributed by atoms with Gasteiger partial charge in [-0.25, -0.2) is 4.39 Å². The van der Waals surface area contributed by atoms with Crippen LogP contribution < -0.4 is 5.32 Å². The van der Waals surface area contributed by atoms with Crippen molar-refractivity contribution < 1.29 is 9.50 Å². The number of aliphatic hydroxyl groups excluding tert-OH is 1. The van der Waals surface area contributed by atoms with Gasteiger partial charge in [-0.1, -0.05) is 18.2 Å². The minimum atomic E-state index is -0.672. The molecule has 0 radical (unpaired) electrons. The van der Waals surface area contributed by atoms with Gasteiger partial charge in [-0.05, 0) is 38.1 Å². The maximum atomic E-state index is 13.7. The molecule has 0 spiro atoms. The number of para-hydroxylation sites is 1. The standard InChI is InChI=1S/C21H29FN4O/c1-21(2,20(27)24-17-7-4-3-5-8-17)26-15-13-25(14-16-26)12-10-19-18(22)9-6-11-23-19/h3-9,11,20,24,27H,10,12-16H2,1-2H3. The van der Waals surface area contributed by atoms with Gasteiger partial charge in [0.15, 0.2) is 0 Å². The summed E-state index contributed by atoms with van der Waals surface area (Å²) in [5, 5.41) is 13.9. The molecule has 0 aliphatic carbocycles. The van der Waals surface area contributed by atoms with E-state index in [1.54, 1.807) is 12.3 Å². The molecule has 1 aliphatic rings. The third kappa shape index (κ3) is 5.03. The van der Waals surface area contributed by atoms with Gasteiger partial charge in [0.25, 0.3) is 0 Å². The van der Waals surface area contributed by atoms with Crippen molar-refractivity contribution in [3.05, 3.63) is 60.2 Å². The first-order valence-corrected chi connectivity index (χ1v) is 9.53. The van der Waals surface area contributed by atoms with Gasteiger partial charge in [0.2, 0.25) is 0 Å². The van der Waals surface area contributed by atoms with Gasteiger partial charge < -0.3 is 15.3 Å². The number of rotatable bonds is 7. The molecule has 0 bridgehead atoms. The number of hydrogen-bond acceptors (Lipinski definition) is 5. The first-order chi connectivity index (χ1) is 13.0. The Bertz CT molecular complexity index is 717. The topological polar surface area (TPSA) is 51.6 Å². The predicted molar refractivity (Wildman–Crippen MR) is 106 cm³/mol. The summed E-state index contributed by atoms with van der Waals surface area (Å²) in [6, 6.07) is 12.8. The number of hydrogen-bond donors (Lipinski definition) is 2. The molecule has 1 fully saturated rings. The fourth-order valence-electron chi connectivity index (χ4n) is 3.46. The number of nitrogens with zero attached hydrogens (tertiary/aromatic N) is 3. The van der Waals surface area contributed by atoms with E-state index < -0.39 is 11.8 Å². The van der Waals surface area contributed by atoms with Crippen molar-refractivity contribution in [2.75, 3.05) is 38.0 Å². The van der Waals surface area contributed by atoms with Crippen LogP contribution in [-0.2, 0) is 6.42 Å². The highest BCUT2D eigenvalue weighted by molar-refractivity contribution is 5.43. The fourth-order valence-corrected chi connectivity index (χ4v) is 3.46. The van der Waals surface area contributed by atoms with Gasteiger partial charge >= 0.3 is 0 Å². The monoisotopic (exact) mass is 372 g/mol. The lowest BCUT2D eigenvalue weighted by Crippen LogP contribution is -2.61. The number of piperazine rings is 1. The smallest absolute Gasteiger partial charge is 0.144 e. The molecule has 1 atom stereocenters. The van der Waals surface area contributed by atoms with Crippen LogP contribution in [0.4, 0.5) is 10.1 Å². The van der Waals surface area contributed by atoms with E-state index in [4.69, 9.17) is 0 Å². The quantitative estimate of drug-likeness (QED) is 0.732. The molecule has 0 saturated carbocycles. The van der Waals surface area contributed by atoms with E-state index >= 15 is 0 Å². The molecule has 27 heavy (non-hydrogen) atoms. The first-order valence-electron chi connectivity index (χ1n) is 9.53. The maximum absolute atomic E-state index is 13.7. The molecule has 1 aromatic heterocycles. The van der Waals surface area contributed by atoms with Crippen molar-refractivity contribution in [2.24, 2.45) is 0 Å². The van der Waals surface area contributed by atoms with Crippen molar-refractivity contribution in [1.29, 1.82) is 0 Å². The number of aliphatic hydroxyl groups is 1. The normalized spacial score (nSPS) is 17.6. The molecule has 2 N–H and O–H groups in total. The van der Waals surface area contributed by atoms with Crippen LogP contribution >= 0.6 is 0 Å². The van der Waals surface area contributed by atoms with Crippen molar-refractivity contribution in [2.45, 2.75) is 32.0 Å². The molecule has 1 aliphatic heterocycles. The summed E-state index contributed by atoms with van der Waals surface area (Å²) in [5.74, 6) is -0.229. The molecule has 146 valence electrons. The zero-order chi connectivity index (χ0) is 19.3. The average Bonchev–Trinajstić information content (AvgIpc) is 2.68. The molecule has 2 aromatic rings. The summed E-state index contributed by atoms with van der Waals surface area (Å²) in [4.78, 5) is 8.77. The molecule has 2 heterocycles. The largest absolute Gasteiger partial charge is 0.372 e. The van der Waals surface area contributed by atoms with E-state index in [0.29, 0.717) is 12.1 Å². The Balaban J connectivity index is 1.49. The first kappa shape index (κ1) is 19.7. The summed E-state index contributed by atoms with van der Waals surface area (Å²) in [6.45, 7) is 8.45. The summed E-state index contributed by atoms with van der Waals surface area (Å²) in [5.41, 5.74) is 1.05. The van der Waals surface area contributed by atoms with Crippen molar-refractivity contribution in [3.8, 4) is 0 Å². The summed E-state index contributed by atoms with van der Waals surface area (Å²) in [6.07, 6.45) is 1.59. The minimum Gasteiger partial charge on any atom is -0.372 e. The molecule has 3 rings (SSSR count). The SMILES string of the molecule is CC(C)(C(O)Nc1ccccc1)N1CCN(CCc2ncccc2F)CC1. The molecular weight excluding hydrogens is 343 g/mol. The molecule has 1 saturated heterocycles. The van der Waals surface area contributed by atoms with Crippen molar-refractivity contribution >= 4 is 5.69 Å². The van der Waals surface area contributed by atoms with Crippen LogP contribution in [0.2, 0.25) is 0 Å². The van der Waals surface area contributed by atoms with Crippen molar-refractivity contribution in [3.63, 3.8) is 0 Å². The van der Waals surface area contributed by atoms with E-state index in [9.17, 15) is 9.50 Å². The highest BCUT2D eigenvalue weighted by Crippen LogP contribution is 2.23. The molecule has 1 aromatic carbocycles. The number of pyridine rings is 1. The summed E-state index contributed by atoms with van der Waals surface area (Å²) < 4.78 is 13.7. The Hall–Kier alpha value is -2.02. The van der Waals surface area contributed by atoms with E-state index in [2.05, 4.69) is 33.9 Å². The second kappa shape index (κ2) is 8.78. The van der Waals surface area contributed by atoms with Gasteiger partial charge in [-0.3, -0.25) is 9.88 Å². The number of benzene rings is 1. The summed E-state index contributed by atoms with van der Waals surface area (Å²) in [7, 11) is 0. The number of halogens is 1. The Morgan fingerprint density at radius 1 is 1.11 bits per heavy atom. The lowest BCUT2D eigenvalue weighted by molar-refractivity contribution is -0.0205. The van der Waals surface area contributed by atoms with Gasteiger partial charge in [0, 0.05) is 51.0 Å². The highest BCUT2D eigenvalue weighted by atomic mass is 19.1. The number of anilines is 1. The number of nitrogens with one attached hydrogen (secondary N) is 1. The lowest BCUT2D eigenvalue weighted by atomic mass is 9.98. The Morgan fingerprint density at radius 3 is 2.48 bits per heavy atom. The third-order valence-corrected chi connectivity index (χ3v) is 5.43.